The molecule has 0 saturated carbocycles. The molecule has 0 bridgehead atoms. The van der Waals surface area contributed by atoms with Crippen LogP contribution < -0.4 is 5.32 Å². The zero-order valence-electron chi connectivity index (χ0n) is 39.6. The summed E-state index contributed by atoms with van der Waals surface area (Å²) in [6.45, 7) is 15.4. The number of carbonyl (C=O) groups is 3. The monoisotopic (exact) mass is 851 g/mol. The van der Waals surface area contributed by atoms with Crippen LogP contribution in [-0.4, -0.2) is 88.4 Å². The molecular formula is C50H94N2O8. The zero-order valence-corrected chi connectivity index (χ0v) is 39.6. The fourth-order valence-corrected chi connectivity index (χ4v) is 6.71. The van der Waals surface area contributed by atoms with E-state index in [9.17, 15) is 14.4 Å². The molecule has 0 aromatic carbocycles. The Balaban J connectivity index is 4.84. The highest BCUT2D eigenvalue weighted by molar-refractivity contribution is 5.70. The molecule has 1 N–H and O–H groups in total. The van der Waals surface area contributed by atoms with Crippen LogP contribution in [0.5, 0.6) is 0 Å². The Labute approximate surface area is 369 Å². The van der Waals surface area contributed by atoms with E-state index < -0.39 is 18.3 Å². The molecule has 0 heterocycles. The third-order valence-corrected chi connectivity index (χ3v) is 10.7. The number of ether oxygens (including phenoxy) is 5. The van der Waals surface area contributed by atoms with Crippen molar-refractivity contribution in [2.24, 2.45) is 5.92 Å². The quantitative estimate of drug-likeness (QED) is 0.0210. The van der Waals surface area contributed by atoms with Crippen LogP contribution in [0.4, 0.5) is 4.79 Å². The largest absolute Gasteiger partial charge is 0.465 e. The van der Waals surface area contributed by atoms with Crippen molar-refractivity contribution in [3.63, 3.8) is 0 Å². The van der Waals surface area contributed by atoms with Gasteiger partial charge < -0.3 is 33.9 Å². The van der Waals surface area contributed by atoms with Crippen molar-refractivity contribution in [1.82, 2.24) is 10.2 Å². The van der Waals surface area contributed by atoms with Crippen molar-refractivity contribution in [1.29, 1.82) is 0 Å². The van der Waals surface area contributed by atoms with Gasteiger partial charge in [0.1, 0.15) is 19.8 Å². The second-order valence-electron chi connectivity index (χ2n) is 16.4. The van der Waals surface area contributed by atoms with E-state index >= 15 is 0 Å². The summed E-state index contributed by atoms with van der Waals surface area (Å²) in [4.78, 5) is 40.4. The molecular weight excluding hydrogens is 757 g/mol. The lowest BCUT2D eigenvalue weighted by Crippen LogP contribution is -2.32. The maximum atomic E-state index is 13.0. The summed E-state index contributed by atoms with van der Waals surface area (Å²) in [5.41, 5.74) is 0. The van der Waals surface area contributed by atoms with Crippen LogP contribution >= 0.6 is 0 Å². The maximum Gasteiger partial charge on any atom is 0.407 e. The van der Waals surface area contributed by atoms with Gasteiger partial charge in [0.15, 0.2) is 6.29 Å². The molecule has 0 aliphatic rings. The van der Waals surface area contributed by atoms with Crippen LogP contribution in [0.3, 0.4) is 0 Å². The van der Waals surface area contributed by atoms with Crippen LogP contribution in [0.2, 0.25) is 0 Å². The first-order valence-electron chi connectivity index (χ1n) is 24.9. The average Bonchev–Trinajstić information content (AvgIpc) is 3.25. The molecule has 352 valence electrons. The summed E-state index contributed by atoms with van der Waals surface area (Å²) in [5.74, 6) is -1.15. The minimum absolute atomic E-state index is 0.00692. The third kappa shape index (κ3) is 40.9. The Morgan fingerprint density at radius 1 is 0.517 bits per heavy atom. The topological polar surface area (TPSA) is 113 Å². The molecule has 0 aliphatic heterocycles. The van der Waals surface area contributed by atoms with Gasteiger partial charge in [0.05, 0.1) is 12.3 Å². The van der Waals surface area contributed by atoms with Crippen molar-refractivity contribution in [3.8, 4) is 0 Å². The van der Waals surface area contributed by atoms with Crippen molar-refractivity contribution < 1.29 is 38.1 Å². The van der Waals surface area contributed by atoms with Crippen molar-refractivity contribution in [3.05, 3.63) is 24.3 Å². The summed E-state index contributed by atoms with van der Waals surface area (Å²) in [6, 6.07) is 0. The average molecular weight is 851 g/mol. The highest BCUT2D eigenvalue weighted by Gasteiger charge is 2.19. The summed E-state index contributed by atoms with van der Waals surface area (Å²) in [5, 5.41) is 2.80. The van der Waals surface area contributed by atoms with Gasteiger partial charge in [0, 0.05) is 32.6 Å². The van der Waals surface area contributed by atoms with Gasteiger partial charge >= 0.3 is 18.0 Å². The second kappa shape index (κ2) is 46.1. The van der Waals surface area contributed by atoms with Gasteiger partial charge in [-0.15, -0.1) is 0 Å². The molecule has 0 aromatic rings. The van der Waals surface area contributed by atoms with E-state index in [0.29, 0.717) is 32.6 Å². The van der Waals surface area contributed by atoms with E-state index in [4.69, 9.17) is 23.7 Å². The van der Waals surface area contributed by atoms with Gasteiger partial charge in [0.25, 0.3) is 0 Å². The summed E-state index contributed by atoms with van der Waals surface area (Å²) in [7, 11) is 0. The predicted octanol–water partition coefficient (Wildman–Crippen LogP) is 12.8. The summed E-state index contributed by atoms with van der Waals surface area (Å²) in [6.07, 6.45) is 36.2. The number of unbranched alkanes of at least 4 members (excludes halogenated alkanes) is 18. The Morgan fingerprint density at radius 3 is 1.55 bits per heavy atom. The first-order valence-corrected chi connectivity index (χ1v) is 24.9. The maximum absolute atomic E-state index is 13.0. The number of hydrogen-bond acceptors (Lipinski definition) is 9. The van der Waals surface area contributed by atoms with Crippen LogP contribution in [0.1, 0.15) is 208 Å². The van der Waals surface area contributed by atoms with E-state index in [1.165, 1.54) is 77.0 Å². The first-order chi connectivity index (χ1) is 29.4. The number of esters is 2. The first kappa shape index (κ1) is 57.6. The Morgan fingerprint density at radius 2 is 0.983 bits per heavy atom. The standard InChI is InChI=1S/C50H94N2O8/c1-6-11-14-17-20-21-22-23-24-25-26-27-28-29-32-36-47(53)58-43-46(45-60-50(55)51-39-35-40-52(9-4)10-5)44-59-48(54)37-38-49(56-41-33-30-18-15-12-7-2)57-42-34-31-19-16-13-8-3/h20-21,23-24,46,49H,6-19,22,25-45H2,1-5H3,(H,51,55)/b21-20-,24-23-. The van der Waals surface area contributed by atoms with Gasteiger partial charge in [-0.05, 0) is 77.4 Å². The molecule has 0 aliphatic carbocycles. The van der Waals surface area contributed by atoms with E-state index in [0.717, 1.165) is 96.7 Å². The molecule has 0 radical (unpaired) electrons. The molecule has 0 spiro atoms. The van der Waals surface area contributed by atoms with Gasteiger partial charge in [-0.1, -0.05) is 155 Å². The summed E-state index contributed by atoms with van der Waals surface area (Å²) >= 11 is 0. The smallest absolute Gasteiger partial charge is 0.407 e. The molecule has 1 unspecified atom stereocenters. The number of amides is 1. The highest BCUT2D eigenvalue weighted by atomic mass is 16.7. The molecule has 10 nitrogen and oxygen atoms in total. The highest BCUT2D eigenvalue weighted by Crippen LogP contribution is 2.14. The SMILES string of the molecule is CCCCC/C=C\C/C=C\CCCCCCCC(=O)OCC(COC(=O)CCC(OCCCCCCCC)OCCCCCCCC)COC(=O)NCCCN(CC)CC. The van der Waals surface area contributed by atoms with Crippen molar-refractivity contribution in [2.75, 3.05) is 59.2 Å². The number of rotatable bonds is 45. The molecule has 1 amide bonds. The fraction of sp³-hybridized carbons (Fsp3) is 0.860. The van der Waals surface area contributed by atoms with Gasteiger partial charge in [0.2, 0.25) is 0 Å². The normalized spacial score (nSPS) is 12.2. The Hall–Kier alpha value is -2.43. The predicted molar refractivity (Wildman–Crippen MR) is 248 cm³/mol. The van der Waals surface area contributed by atoms with Crippen LogP contribution in [0, 0.1) is 5.92 Å². The minimum Gasteiger partial charge on any atom is -0.465 e. The number of alkyl carbamates (subject to hydrolysis) is 1. The van der Waals surface area contributed by atoms with Crippen LogP contribution in [-0.2, 0) is 33.3 Å². The lowest BCUT2D eigenvalue weighted by atomic mass is 10.1. The van der Waals surface area contributed by atoms with Crippen LogP contribution in [0.15, 0.2) is 24.3 Å². The van der Waals surface area contributed by atoms with Crippen molar-refractivity contribution in [2.45, 2.75) is 214 Å². The number of hydrogen-bond donors (Lipinski definition) is 1. The number of carbonyl (C=O) groups excluding carboxylic acids is 3. The second-order valence-corrected chi connectivity index (χ2v) is 16.4. The number of nitrogens with one attached hydrogen (secondary N) is 1. The van der Waals surface area contributed by atoms with Gasteiger partial charge in [-0.2, -0.15) is 0 Å². The Bertz CT molecular complexity index is 1000. The van der Waals surface area contributed by atoms with E-state index in [1.807, 2.05) is 0 Å². The summed E-state index contributed by atoms with van der Waals surface area (Å²) < 4.78 is 29.0. The molecule has 0 rings (SSSR count). The third-order valence-electron chi connectivity index (χ3n) is 10.7. The molecule has 0 aromatic heterocycles. The van der Waals surface area contributed by atoms with E-state index in [2.05, 4.69) is 69.1 Å². The van der Waals surface area contributed by atoms with Crippen molar-refractivity contribution >= 4 is 18.0 Å². The lowest BCUT2D eigenvalue weighted by molar-refractivity contribution is -0.161. The molecule has 60 heavy (non-hydrogen) atoms. The van der Waals surface area contributed by atoms with Gasteiger partial charge in [-0.3, -0.25) is 9.59 Å². The van der Waals surface area contributed by atoms with Gasteiger partial charge in [-0.25, -0.2) is 4.79 Å². The lowest BCUT2D eigenvalue weighted by Gasteiger charge is -2.20. The molecule has 10 heteroatoms. The van der Waals surface area contributed by atoms with E-state index in [1.54, 1.807) is 0 Å². The van der Waals surface area contributed by atoms with E-state index in [-0.39, 0.29) is 38.2 Å². The minimum atomic E-state index is -0.532. The number of allylic oxidation sites excluding steroid dienone is 4. The Kier molecular flexibility index (Phi) is 44.2. The number of nitrogens with zero attached hydrogens (tertiary/aromatic N) is 1. The zero-order chi connectivity index (χ0) is 44.0. The molecule has 0 fully saturated rings. The molecule has 1 atom stereocenters. The fourth-order valence-electron chi connectivity index (χ4n) is 6.71. The molecule has 0 saturated heterocycles. The van der Waals surface area contributed by atoms with Crippen LogP contribution in [0.25, 0.3) is 0 Å².